The maximum absolute atomic E-state index is 12.1. The number of carbonyl (C=O) groups is 1. The van der Waals surface area contributed by atoms with Crippen molar-refractivity contribution in [3.8, 4) is 0 Å². The lowest BCUT2D eigenvalue weighted by atomic mass is 10.2. The van der Waals surface area contributed by atoms with Gasteiger partial charge in [0.25, 0.3) is 5.91 Å². The van der Waals surface area contributed by atoms with E-state index in [0.717, 1.165) is 4.47 Å². The highest BCUT2D eigenvalue weighted by Crippen LogP contribution is 2.15. The average molecular weight is 345 g/mol. The average Bonchev–Trinajstić information content (AvgIpc) is 2.47. The van der Waals surface area contributed by atoms with Gasteiger partial charge in [0.15, 0.2) is 11.2 Å². The fourth-order valence-electron chi connectivity index (χ4n) is 1.87. The molecule has 2 aromatic heterocycles. The third-order valence-electron chi connectivity index (χ3n) is 2.82. The summed E-state index contributed by atoms with van der Waals surface area (Å²) in [7, 11) is 0. The largest absolute Gasteiger partial charge is 0.451 e. The van der Waals surface area contributed by atoms with Crippen molar-refractivity contribution in [3.63, 3.8) is 0 Å². The zero-order chi connectivity index (χ0) is 14.8. The summed E-state index contributed by atoms with van der Waals surface area (Å²) in [4.78, 5) is 28.1. The van der Waals surface area contributed by atoms with E-state index in [2.05, 4.69) is 26.2 Å². The Hall–Kier alpha value is -2.47. The number of aromatic nitrogens is 1. The summed E-state index contributed by atoms with van der Waals surface area (Å²) >= 11 is 3.29. The molecule has 1 aromatic carbocycles. The fraction of sp³-hybridized carbons (Fsp3) is 0. The Kier molecular flexibility index (Phi) is 3.53. The lowest BCUT2D eigenvalue weighted by Crippen LogP contribution is -2.15. The van der Waals surface area contributed by atoms with E-state index in [0.29, 0.717) is 16.8 Å². The van der Waals surface area contributed by atoms with Crippen LogP contribution in [0.4, 0.5) is 5.82 Å². The summed E-state index contributed by atoms with van der Waals surface area (Å²) < 4.78 is 6.24. The Bertz CT molecular complexity index is 889. The summed E-state index contributed by atoms with van der Waals surface area (Å²) in [6, 6.07) is 11.3. The zero-order valence-electron chi connectivity index (χ0n) is 10.7. The number of nitrogens with zero attached hydrogens (tertiary/aromatic N) is 1. The van der Waals surface area contributed by atoms with Gasteiger partial charge in [-0.15, -0.1) is 0 Å². The molecule has 3 aromatic rings. The zero-order valence-corrected chi connectivity index (χ0v) is 12.3. The lowest BCUT2D eigenvalue weighted by molar-refractivity contribution is 0.0997. The SMILES string of the molecule is O=C(Nc1cc(Br)ccn1)c1cc(=O)c2ccccc2o1. The molecule has 1 N–H and O–H groups in total. The number of pyridine rings is 1. The molecule has 0 unspecified atom stereocenters. The van der Waals surface area contributed by atoms with Crippen LogP contribution in [0.15, 0.2) is 62.3 Å². The topological polar surface area (TPSA) is 72.2 Å². The van der Waals surface area contributed by atoms with Crippen LogP contribution in [0, 0.1) is 0 Å². The molecule has 0 aliphatic carbocycles. The highest BCUT2D eigenvalue weighted by molar-refractivity contribution is 9.10. The number of carbonyl (C=O) groups excluding carboxylic acids is 1. The van der Waals surface area contributed by atoms with E-state index in [1.165, 1.54) is 6.07 Å². The molecule has 0 aliphatic rings. The Morgan fingerprint density at radius 2 is 2.00 bits per heavy atom. The quantitative estimate of drug-likeness (QED) is 0.774. The number of hydrogen-bond donors (Lipinski definition) is 1. The summed E-state index contributed by atoms with van der Waals surface area (Å²) in [5, 5.41) is 3.02. The van der Waals surface area contributed by atoms with E-state index in [4.69, 9.17) is 4.42 Å². The minimum Gasteiger partial charge on any atom is -0.451 e. The van der Waals surface area contributed by atoms with Crippen molar-refractivity contribution in [2.24, 2.45) is 0 Å². The molecule has 2 heterocycles. The van der Waals surface area contributed by atoms with Crippen LogP contribution in [0.2, 0.25) is 0 Å². The van der Waals surface area contributed by atoms with Gasteiger partial charge in [-0.3, -0.25) is 9.59 Å². The van der Waals surface area contributed by atoms with E-state index in [9.17, 15) is 9.59 Å². The molecule has 104 valence electrons. The Labute approximate surface area is 127 Å². The predicted molar refractivity (Wildman–Crippen MR) is 82.4 cm³/mol. The Morgan fingerprint density at radius 3 is 2.81 bits per heavy atom. The third kappa shape index (κ3) is 2.85. The molecule has 0 atom stereocenters. The number of amides is 1. The van der Waals surface area contributed by atoms with E-state index >= 15 is 0 Å². The van der Waals surface area contributed by atoms with Gasteiger partial charge in [-0.1, -0.05) is 28.1 Å². The fourth-order valence-corrected chi connectivity index (χ4v) is 2.20. The molecule has 0 saturated carbocycles. The Balaban J connectivity index is 1.96. The van der Waals surface area contributed by atoms with Crippen LogP contribution >= 0.6 is 15.9 Å². The second-order valence-electron chi connectivity index (χ2n) is 4.28. The second-order valence-corrected chi connectivity index (χ2v) is 5.20. The van der Waals surface area contributed by atoms with Crippen LogP contribution in [-0.4, -0.2) is 10.9 Å². The number of halogens is 1. The molecule has 21 heavy (non-hydrogen) atoms. The van der Waals surface area contributed by atoms with Crippen molar-refractivity contribution in [2.45, 2.75) is 0 Å². The Morgan fingerprint density at radius 1 is 1.19 bits per heavy atom. The summed E-state index contributed by atoms with van der Waals surface area (Å²) in [5.41, 5.74) is 0.113. The molecule has 0 aliphatic heterocycles. The molecule has 0 radical (unpaired) electrons. The number of nitrogens with one attached hydrogen (secondary N) is 1. The molecule has 0 saturated heterocycles. The van der Waals surface area contributed by atoms with Crippen molar-refractivity contribution >= 4 is 38.6 Å². The first-order valence-electron chi connectivity index (χ1n) is 6.09. The molecular formula is C15H9BrN2O3. The molecule has 0 bridgehead atoms. The molecule has 3 rings (SSSR count). The van der Waals surface area contributed by atoms with Crippen molar-refractivity contribution in [2.75, 3.05) is 5.32 Å². The number of rotatable bonds is 2. The monoisotopic (exact) mass is 344 g/mol. The first kappa shape index (κ1) is 13.5. The molecular weight excluding hydrogens is 336 g/mol. The summed E-state index contributed by atoms with van der Waals surface area (Å²) in [6.45, 7) is 0. The molecule has 5 nitrogen and oxygen atoms in total. The highest BCUT2D eigenvalue weighted by Gasteiger charge is 2.13. The summed E-state index contributed by atoms with van der Waals surface area (Å²) in [5.74, 6) is -0.214. The molecule has 0 fully saturated rings. The number of anilines is 1. The smallest absolute Gasteiger partial charge is 0.292 e. The van der Waals surface area contributed by atoms with Gasteiger partial charge < -0.3 is 9.73 Å². The van der Waals surface area contributed by atoms with Gasteiger partial charge in [0, 0.05) is 16.7 Å². The number of hydrogen-bond acceptors (Lipinski definition) is 4. The van der Waals surface area contributed by atoms with E-state index in [1.807, 2.05) is 0 Å². The lowest BCUT2D eigenvalue weighted by Gasteiger charge is -2.04. The third-order valence-corrected chi connectivity index (χ3v) is 3.32. The van der Waals surface area contributed by atoms with Crippen molar-refractivity contribution < 1.29 is 9.21 Å². The normalized spacial score (nSPS) is 10.5. The predicted octanol–water partition coefficient (Wildman–Crippen LogP) is 3.20. The van der Waals surface area contributed by atoms with Crippen LogP contribution in [0.5, 0.6) is 0 Å². The van der Waals surface area contributed by atoms with Gasteiger partial charge in [0.1, 0.15) is 11.4 Å². The van der Waals surface area contributed by atoms with Gasteiger partial charge in [-0.05, 0) is 24.3 Å². The minimum absolute atomic E-state index is 0.0551. The second kappa shape index (κ2) is 5.49. The van der Waals surface area contributed by atoms with Gasteiger partial charge in [0.05, 0.1) is 5.39 Å². The maximum atomic E-state index is 12.1. The first-order chi connectivity index (χ1) is 10.1. The van der Waals surface area contributed by atoms with Crippen LogP contribution in [0.1, 0.15) is 10.6 Å². The number of para-hydroxylation sites is 1. The van der Waals surface area contributed by atoms with Crippen LogP contribution in [0.25, 0.3) is 11.0 Å². The molecule has 6 heteroatoms. The van der Waals surface area contributed by atoms with Crippen molar-refractivity contribution in [1.82, 2.24) is 4.98 Å². The van der Waals surface area contributed by atoms with Crippen LogP contribution in [-0.2, 0) is 0 Å². The van der Waals surface area contributed by atoms with Crippen molar-refractivity contribution in [1.29, 1.82) is 0 Å². The van der Waals surface area contributed by atoms with Gasteiger partial charge in [-0.2, -0.15) is 0 Å². The highest BCUT2D eigenvalue weighted by atomic mass is 79.9. The summed E-state index contributed by atoms with van der Waals surface area (Å²) in [6.07, 6.45) is 1.55. The van der Waals surface area contributed by atoms with Crippen molar-refractivity contribution in [3.05, 3.63) is 69.1 Å². The number of benzene rings is 1. The number of fused-ring (bicyclic) bond motifs is 1. The molecule has 0 spiro atoms. The van der Waals surface area contributed by atoms with E-state index in [1.54, 1.807) is 42.6 Å². The molecule has 1 amide bonds. The van der Waals surface area contributed by atoms with E-state index < -0.39 is 5.91 Å². The van der Waals surface area contributed by atoms with Gasteiger partial charge >= 0.3 is 0 Å². The van der Waals surface area contributed by atoms with Gasteiger partial charge in [-0.25, -0.2) is 4.98 Å². The van der Waals surface area contributed by atoms with Crippen LogP contribution < -0.4 is 10.7 Å². The van der Waals surface area contributed by atoms with E-state index in [-0.39, 0.29) is 11.2 Å². The van der Waals surface area contributed by atoms with Crippen LogP contribution in [0.3, 0.4) is 0 Å². The first-order valence-corrected chi connectivity index (χ1v) is 6.88. The standard InChI is InChI=1S/C15H9BrN2O3/c16-9-5-6-17-14(7-9)18-15(20)13-8-11(19)10-3-1-2-4-12(10)21-13/h1-8H,(H,17,18,20). The minimum atomic E-state index is -0.525. The van der Waals surface area contributed by atoms with Gasteiger partial charge in [0.2, 0.25) is 0 Å². The maximum Gasteiger partial charge on any atom is 0.292 e.